The van der Waals surface area contributed by atoms with E-state index in [0.29, 0.717) is 29.9 Å². The fourth-order valence-corrected chi connectivity index (χ4v) is 2.05. The van der Waals surface area contributed by atoms with Crippen molar-refractivity contribution in [3.8, 4) is 11.5 Å². The Kier molecular flexibility index (Phi) is 4.67. The van der Waals surface area contributed by atoms with Gasteiger partial charge in [0, 0.05) is 6.54 Å². The van der Waals surface area contributed by atoms with Crippen LogP contribution in [0.15, 0.2) is 23.2 Å². The molecular weight excluding hydrogens is 270 g/mol. The van der Waals surface area contributed by atoms with E-state index >= 15 is 0 Å². The first kappa shape index (κ1) is 15.2. The third-order valence-electron chi connectivity index (χ3n) is 3.14. The zero-order valence-electron chi connectivity index (χ0n) is 12.8. The molecule has 0 radical (unpaired) electrons. The zero-order valence-corrected chi connectivity index (χ0v) is 12.8. The quantitative estimate of drug-likeness (QED) is 0.862. The number of ether oxygens (including phenoxy) is 2. The van der Waals surface area contributed by atoms with Gasteiger partial charge in [0.1, 0.15) is 6.04 Å². The summed E-state index contributed by atoms with van der Waals surface area (Å²) in [5.41, 5.74) is 0.805. The third-order valence-corrected chi connectivity index (χ3v) is 3.14. The van der Waals surface area contributed by atoms with Crippen LogP contribution in [-0.4, -0.2) is 32.6 Å². The SMILES string of the molecule is COc1ccc(C2NC(=NCC(C)C)NC2=O)cc1OC. The highest BCUT2D eigenvalue weighted by Gasteiger charge is 2.30. The maximum atomic E-state index is 12.1. The number of nitrogens with zero attached hydrogens (tertiary/aromatic N) is 1. The molecule has 1 aliphatic heterocycles. The molecule has 21 heavy (non-hydrogen) atoms. The molecule has 6 nitrogen and oxygen atoms in total. The highest BCUT2D eigenvalue weighted by Crippen LogP contribution is 2.30. The molecule has 1 saturated heterocycles. The van der Waals surface area contributed by atoms with Gasteiger partial charge in [0.15, 0.2) is 17.5 Å². The summed E-state index contributed by atoms with van der Waals surface area (Å²) in [5.74, 6) is 2.07. The monoisotopic (exact) mass is 291 g/mol. The van der Waals surface area contributed by atoms with Crippen molar-refractivity contribution in [1.29, 1.82) is 0 Å². The van der Waals surface area contributed by atoms with E-state index in [1.165, 1.54) is 0 Å². The zero-order chi connectivity index (χ0) is 15.4. The lowest BCUT2D eigenvalue weighted by molar-refractivity contribution is -0.120. The van der Waals surface area contributed by atoms with Crippen LogP contribution in [0.5, 0.6) is 11.5 Å². The number of methoxy groups -OCH3 is 2. The molecule has 1 amide bonds. The van der Waals surface area contributed by atoms with E-state index < -0.39 is 6.04 Å². The molecule has 0 bridgehead atoms. The largest absolute Gasteiger partial charge is 0.493 e. The predicted molar refractivity (Wildman–Crippen MR) is 80.7 cm³/mol. The predicted octanol–water partition coefficient (Wildman–Crippen LogP) is 1.48. The fraction of sp³-hybridized carbons (Fsp3) is 0.467. The van der Waals surface area contributed by atoms with Gasteiger partial charge in [-0.15, -0.1) is 0 Å². The smallest absolute Gasteiger partial charge is 0.253 e. The summed E-state index contributed by atoms with van der Waals surface area (Å²) in [7, 11) is 3.15. The van der Waals surface area contributed by atoms with Gasteiger partial charge in [0.2, 0.25) is 0 Å². The summed E-state index contributed by atoms with van der Waals surface area (Å²) in [6, 6.07) is 4.95. The third kappa shape index (κ3) is 3.45. The molecule has 1 unspecified atom stereocenters. The van der Waals surface area contributed by atoms with Crippen molar-refractivity contribution in [2.24, 2.45) is 10.9 Å². The molecule has 0 saturated carbocycles. The Morgan fingerprint density at radius 3 is 2.57 bits per heavy atom. The average Bonchev–Trinajstić information content (AvgIpc) is 2.85. The first-order valence-corrected chi connectivity index (χ1v) is 6.89. The van der Waals surface area contributed by atoms with Gasteiger partial charge in [-0.3, -0.25) is 15.1 Å². The van der Waals surface area contributed by atoms with Crippen LogP contribution < -0.4 is 20.1 Å². The Balaban J connectivity index is 2.19. The number of carbonyl (C=O) groups excluding carboxylic acids is 1. The number of aliphatic imine (C=N–C) groups is 1. The highest BCUT2D eigenvalue weighted by molar-refractivity contribution is 6.06. The van der Waals surface area contributed by atoms with Crippen LogP contribution in [0.3, 0.4) is 0 Å². The average molecular weight is 291 g/mol. The van der Waals surface area contributed by atoms with Crippen LogP contribution in [0.25, 0.3) is 0 Å². The number of amides is 1. The van der Waals surface area contributed by atoms with Gasteiger partial charge in [-0.05, 0) is 23.6 Å². The molecular formula is C15H21N3O3. The lowest BCUT2D eigenvalue weighted by Gasteiger charge is -2.12. The van der Waals surface area contributed by atoms with Crippen LogP contribution in [0.1, 0.15) is 25.5 Å². The Labute approximate surface area is 124 Å². The molecule has 1 atom stereocenters. The standard InChI is InChI=1S/C15H21N3O3/c1-9(2)8-16-15-17-13(14(19)18-15)10-5-6-11(20-3)12(7-10)21-4/h5-7,9,13H,8H2,1-4H3,(H2,16,17,18,19). The number of benzene rings is 1. The minimum absolute atomic E-state index is 0.121. The molecule has 1 aliphatic rings. The summed E-state index contributed by atoms with van der Waals surface area (Å²) in [6.07, 6.45) is 0. The lowest BCUT2D eigenvalue weighted by Crippen LogP contribution is -2.26. The summed E-state index contributed by atoms with van der Waals surface area (Å²) in [5, 5.41) is 5.85. The number of guanidine groups is 1. The van der Waals surface area contributed by atoms with Crippen LogP contribution in [0.4, 0.5) is 0 Å². The first-order valence-electron chi connectivity index (χ1n) is 6.89. The molecule has 0 aromatic heterocycles. The van der Waals surface area contributed by atoms with Crippen molar-refractivity contribution in [1.82, 2.24) is 10.6 Å². The van der Waals surface area contributed by atoms with Gasteiger partial charge in [-0.25, -0.2) is 0 Å². The molecule has 1 aromatic rings. The number of rotatable bonds is 5. The Morgan fingerprint density at radius 2 is 1.95 bits per heavy atom. The second-order valence-electron chi connectivity index (χ2n) is 5.26. The van der Waals surface area contributed by atoms with E-state index in [2.05, 4.69) is 29.5 Å². The second kappa shape index (κ2) is 6.47. The first-order chi connectivity index (χ1) is 10.0. The van der Waals surface area contributed by atoms with Crippen molar-refractivity contribution in [3.05, 3.63) is 23.8 Å². The Hall–Kier alpha value is -2.24. The maximum Gasteiger partial charge on any atom is 0.253 e. The van der Waals surface area contributed by atoms with Crippen LogP contribution >= 0.6 is 0 Å². The van der Waals surface area contributed by atoms with Crippen LogP contribution in [-0.2, 0) is 4.79 Å². The van der Waals surface area contributed by atoms with E-state index in [-0.39, 0.29) is 5.91 Å². The molecule has 2 rings (SSSR count). The van der Waals surface area contributed by atoms with Crippen LogP contribution in [0, 0.1) is 5.92 Å². The normalized spacial score (nSPS) is 19.6. The van der Waals surface area contributed by atoms with E-state index in [1.807, 2.05) is 6.07 Å². The maximum absolute atomic E-state index is 12.1. The number of hydrogen-bond donors (Lipinski definition) is 2. The second-order valence-corrected chi connectivity index (χ2v) is 5.26. The van der Waals surface area contributed by atoms with E-state index in [9.17, 15) is 4.79 Å². The topological polar surface area (TPSA) is 72.0 Å². The van der Waals surface area contributed by atoms with Crippen molar-refractivity contribution in [3.63, 3.8) is 0 Å². The molecule has 1 fully saturated rings. The minimum Gasteiger partial charge on any atom is -0.493 e. The van der Waals surface area contributed by atoms with E-state index in [1.54, 1.807) is 26.4 Å². The lowest BCUT2D eigenvalue weighted by atomic mass is 10.1. The number of carbonyl (C=O) groups is 1. The van der Waals surface area contributed by atoms with Crippen molar-refractivity contribution >= 4 is 11.9 Å². The Morgan fingerprint density at radius 1 is 1.24 bits per heavy atom. The molecule has 0 aliphatic carbocycles. The minimum atomic E-state index is -0.462. The van der Waals surface area contributed by atoms with Gasteiger partial charge in [0.05, 0.1) is 14.2 Å². The van der Waals surface area contributed by atoms with Crippen molar-refractivity contribution in [2.45, 2.75) is 19.9 Å². The summed E-state index contributed by atoms with van der Waals surface area (Å²) >= 11 is 0. The molecule has 1 aromatic carbocycles. The van der Waals surface area contributed by atoms with E-state index in [4.69, 9.17) is 9.47 Å². The van der Waals surface area contributed by atoms with Gasteiger partial charge >= 0.3 is 0 Å². The summed E-state index contributed by atoms with van der Waals surface area (Å²) < 4.78 is 10.5. The number of nitrogens with one attached hydrogen (secondary N) is 2. The van der Waals surface area contributed by atoms with Crippen LogP contribution in [0.2, 0.25) is 0 Å². The van der Waals surface area contributed by atoms with Gasteiger partial charge < -0.3 is 14.8 Å². The van der Waals surface area contributed by atoms with E-state index in [0.717, 1.165) is 5.56 Å². The molecule has 2 N–H and O–H groups in total. The fourth-order valence-electron chi connectivity index (χ4n) is 2.05. The van der Waals surface area contributed by atoms with Crippen molar-refractivity contribution in [2.75, 3.05) is 20.8 Å². The van der Waals surface area contributed by atoms with Gasteiger partial charge in [0.25, 0.3) is 5.91 Å². The molecule has 114 valence electrons. The van der Waals surface area contributed by atoms with Crippen molar-refractivity contribution < 1.29 is 14.3 Å². The summed E-state index contributed by atoms with van der Waals surface area (Å²) in [6.45, 7) is 4.82. The molecule has 1 heterocycles. The Bertz CT molecular complexity index is 555. The summed E-state index contributed by atoms with van der Waals surface area (Å²) in [4.78, 5) is 16.4. The number of hydrogen-bond acceptors (Lipinski definition) is 4. The molecule has 0 spiro atoms. The van der Waals surface area contributed by atoms with Gasteiger partial charge in [-0.1, -0.05) is 19.9 Å². The highest BCUT2D eigenvalue weighted by atomic mass is 16.5. The molecule has 6 heteroatoms. The van der Waals surface area contributed by atoms with Gasteiger partial charge in [-0.2, -0.15) is 0 Å².